The summed E-state index contributed by atoms with van der Waals surface area (Å²) in [4.78, 5) is 0. The van der Waals surface area contributed by atoms with E-state index in [0.717, 1.165) is 17.8 Å². The second kappa shape index (κ2) is 3.10. The van der Waals surface area contributed by atoms with Gasteiger partial charge in [0.15, 0.2) is 0 Å². The summed E-state index contributed by atoms with van der Waals surface area (Å²) in [6, 6.07) is 2.31. The van der Waals surface area contributed by atoms with Crippen LogP contribution in [0.1, 0.15) is 24.3 Å². The van der Waals surface area contributed by atoms with E-state index < -0.39 is 0 Å². The van der Waals surface area contributed by atoms with Gasteiger partial charge >= 0.3 is 0 Å². The van der Waals surface area contributed by atoms with Crippen LogP contribution in [0, 0.1) is 11.8 Å². The second-order valence-electron chi connectivity index (χ2n) is 4.32. The van der Waals surface area contributed by atoms with Gasteiger partial charge in [-0.05, 0) is 66.1 Å². The van der Waals surface area contributed by atoms with Crippen molar-refractivity contribution in [3.8, 4) is 0 Å². The van der Waals surface area contributed by atoms with E-state index in [2.05, 4.69) is 22.1 Å². The van der Waals surface area contributed by atoms with Crippen molar-refractivity contribution in [3.63, 3.8) is 0 Å². The van der Waals surface area contributed by atoms with Crippen LogP contribution < -0.4 is 5.32 Å². The van der Waals surface area contributed by atoms with Crippen LogP contribution in [0.3, 0.4) is 0 Å². The fraction of sp³-hybridized carbons (Fsp3) is 0.636. The van der Waals surface area contributed by atoms with Gasteiger partial charge in [-0.2, -0.15) is 11.3 Å². The predicted octanol–water partition coefficient (Wildman–Crippen LogP) is 2.46. The molecule has 1 saturated heterocycles. The van der Waals surface area contributed by atoms with E-state index in [1.165, 1.54) is 25.9 Å². The minimum Gasteiger partial charge on any atom is -0.316 e. The van der Waals surface area contributed by atoms with Crippen molar-refractivity contribution in [2.75, 3.05) is 13.1 Å². The van der Waals surface area contributed by atoms with Crippen molar-refractivity contribution < 1.29 is 0 Å². The van der Waals surface area contributed by atoms with E-state index in [0.29, 0.717) is 0 Å². The van der Waals surface area contributed by atoms with Gasteiger partial charge in [0, 0.05) is 0 Å². The molecule has 0 radical (unpaired) electrons. The number of hydrogen-bond acceptors (Lipinski definition) is 2. The molecule has 0 bridgehead atoms. The average molecular weight is 193 g/mol. The van der Waals surface area contributed by atoms with E-state index >= 15 is 0 Å². The molecular formula is C11H15NS. The molecule has 1 aromatic rings. The molecule has 1 aromatic heterocycles. The Labute approximate surface area is 83.2 Å². The summed E-state index contributed by atoms with van der Waals surface area (Å²) in [5.74, 6) is 2.86. The maximum absolute atomic E-state index is 3.51. The van der Waals surface area contributed by atoms with Crippen LogP contribution in [-0.4, -0.2) is 13.1 Å². The van der Waals surface area contributed by atoms with E-state index in [-0.39, 0.29) is 0 Å². The Morgan fingerprint density at radius 1 is 1.46 bits per heavy atom. The minimum atomic E-state index is 0.879. The van der Waals surface area contributed by atoms with Gasteiger partial charge in [-0.1, -0.05) is 0 Å². The van der Waals surface area contributed by atoms with Crippen molar-refractivity contribution in [2.24, 2.45) is 11.8 Å². The number of thiophene rings is 1. The highest BCUT2D eigenvalue weighted by Gasteiger charge is 2.42. The minimum absolute atomic E-state index is 0.879. The van der Waals surface area contributed by atoms with Gasteiger partial charge in [0.25, 0.3) is 0 Å². The van der Waals surface area contributed by atoms with E-state index in [1.807, 2.05) is 11.3 Å². The van der Waals surface area contributed by atoms with Gasteiger partial charge in [-0.25, -0.2) is 0 Å². The van der Waals surface area contributed by atoms with Gasteiger partial charge in [0.1, 0.15) is 0 Å². The molecule has 2 heterocycles. The number of fused-ring (bicyclic) bond motifs is 1. The zero-order valence-corrected chi connectivity index (χ0v) is 8.52. The number of rotatable bonds is 1. The summed E-state index contributed by atoms with van der Waals surface area (Å²) < 4.78 is 0. The molecule has 3 rings (SSSR count). The summed E-state index contributed by atoms with van der Waals surface area (Å²) in [7, 11) is 0. The lowest BCUT2D eigenvalue weighted by Gasteiger charge is -2.48. The molecule has 0 aromatic carbocycles. The van der Waals surface area contributed by atoms with Crippen LogP contribution >= 0.6 is 11.3 Å². The number of hydrogen-bond donors (Lipinski definition) is 1. The first kappa shape index (κ1) is 8.01. The highest BCUT2D eigenvalue weighted by atomic mass is 32.1. The topological polar surface area (TPSA) is 12.0 Å². The molecule has 2 fully saturated rings. The fourth-order valence-corrected chi connectivity index (χ4v) is 3.60. The van der Waals surface area contributed by atoms with E-state index in [4.69, 9.17) is 0 Å². The Kier molecular flexibility index (Phi) is 1.91. The summed E-state index contributed by atoms with van der Waals surface area (Å²) >= 11 is 1.84. The van der Waals surface area contributed by atoms with Gasteiger partial charge in [0.05, 0.1) is 0 Å². The van der Waals surface area contributed by atoms with Crippen molar-refractivity contribution in [2.45, 2.75) is 18.8 Å². The molecule has 0 unspecified atom stereocenters. The van der Waals surface area contributed by atoms with E-state index in [9.17, 15) is 0 Å². The van der Waals surface area contributed by atoms with Crippen LogP contribution in [0.15, 0.2) is 16.8 Å². The molecule has 1 aliphatic carbocycles. The fourth-order valence-electron chi connectivity index (χ4n) is 2.87. The number of piperidine rings is 1. The number of nitrogens with one attached hydrogen (secondary N) is 1. The van der Waals surface area contributed by atoms with Crippen molar-refractivity contribution in [3.05, 3.63) is 22.4 Å². The molecule has 0 spiro atoms. The first-order valence-corrected chi connectivity index (χ1v) is 6.12. The first-order chi connectivity index (χ1) is 6.45. The lowest BCUT2D eigenvalue weighted by Crippen LogP contribution is -2.47. The Bertz CT molecular complexity index is 280. The average Bonchev–Trinajstić information content (AvgIpc) is 2.60. The van der Waals surface area contributed by atoms with Gasteiger partial charge in [-0.3, -0.25) is 0 Å². The largest absolute Gasteiger partial charge is 0.316 e. The third-order valence-electron chi connectivity index (χ3n) is 3.72. The van der Waals surface area contributed by atoms with Crippen LogP contribution in [0.4, 0.5) is 0 Å². The van der Waals surface area contributed by atoms with Crippen LogP contribution in [0.5, 0.6) is 0 Å². The van der Waals surface area contributed by atoms with Crippen molar-refractivity contribution >= 4 is 11.3 Å². The molecular weight excluding hydrogens is 178 g/mol. The first-order valence-electron chi connectivity index (χ1n) is 5.18. The molecule has 2 aliphatic rings. The summed E-state index contributed by atoms with van der Waals surface area (Å²) in [6.07, 6.45) is 2.86. The highest BCUT2D eigenvalue weighted by molar-refractivity contribution is 7.07. The lowest BCUT2D eigenvalue weighted by atomic mass is 9.60. The molecule has 2 heteroatoms. The Hall–Kier alpha value is -0.340. The van der Waals surface area contributed by atoms with Gasteiger partial charge in [0.2, 0.25) is 0 Å². The third-order valence-corrected chi connectivity index (χ3v) is 4.42. The molecule has 1 N–H and O–H groups in total. The Balaban J connectivity index is 1.75. The van der Waals surface area contributed by atoms with Crippen LogP contribution in [0.2, 0.25) is 0 Å². The van der Waals surface area contributed by atoms with Crippen molar-refractivity contribution in [1.29, 1.82) is 0 Å². The SMILES string of the molecule is c1cc([C@H]2C[C@@H]3CCNC[C@@H]32)cs1. The second-order valence-corrected chi connectivity index (χ2v) is 5.10. The Morgan fingerprint density at radius 2 is 2.46 bits per heavy atom. The zero-order valence-electron chi connectivity index (χ0n) is 7.70. The highest BCUT2D eigenvalue weighted by Crippen LogP contribution is 2.49. The molecule has 70 valence electrons. The maximum Gasteiger partial charge on any atom is -0.00120 e. The monoisotopic (exact) mass is 193 g/mol. The lowest BCUT2D eigenvalue weighted by molar-refractivity contribution is 0.0936. The Morgan fingerprint density at radius 3 is 3.23 bits per heavy atom. The molecule has 1 aliphatic heterocycles. The van der Waals surface area contributed by atoms with Crippen molar-refractivity contribution in [1.82, 2.24) is 5.32 Å². The van der Waals surface area contributed by atoms with E-state index in [1.54, 1.807) is 5.56 Å². The third kappa shape index (κ3) is 1.24. The molecule has 1 nitrogen and oxygen atoms in total. The molecule has 0 amide bonds. The van der Waals surface area contributed by atoms with Gasteiger partial charge in [-0.15, -0.1) is 0 Å². The zero-order chi connectivity index (χ0) is 8.67. The maximum atomic E-state index is 3.51. The molecule has 1 saturated carbocycles. The summed E-state index contributed by atoms with van der Waals surface area (Å²) in [5.41, 5.74) is 1.59. The molecule has 3 atom stereocenters. The standard InChI is InChI=1S/C11H15NS/c1-3-12-6-11-8(1)5-10(11)9-2-4-13-7-9/h2,4,7-8,10-12H,1,3,5-6H2/t8-,10+,11-/m0/s1. The van der Waals surface area contributed by atoms with Gasteiger partial charge < -0.3 is 5.32 Å². The predicted molar refractivity (Wildman–Crippen MR) is 56.1 cm³/mol. The normalized spacial score (nSPS) is 38.0. The summed E-state index contributed by atoms with van der Waals surface area (Å²) in [5, 5.41) is 8.05. The quantitative estimate of drug-likeness (QED) is 0.722. The van der Waals surface area contributed by atoms with Crippen LogP contribution in [-0.2, 0) is 0 Å². The smallest absolute Gasteiger partial charge is 0.00120 e. The summed E-state index contributed by atoms with van der Waals surface area (Å²) in [6.45, 7) is 2.50. The molecule has 13 heavy (non-hydrogen) atoms. The van der Waals surface area contributed by atoms with Crippen LogP contribution in [0.25, 0.3) is 0 Å².